The fourth-order valence-corrected chi connectivity index (χ4v) is 2.78. The predicted octanol–water partition coefficient (Wildman–Crippen LogP) is 0.594. The van der Waals surface area contributed by atoms with Crippen molar-refractivity contribution in [1.82, 2.24) is 24.6 Å². The summed E-state index contributed by atoms with van der Waals surface area (Å²) in [7, 11) is 1.87. The summed E-state index contributed by atoms with van der Waals surface area (Å²) in [5.74, 6) is 0.546. The number of hydrogen-bond donors (Lipinski definition) is 1. The molecule has 2 amide bonds. The molecule has 9 nitrogen and oxygen atoms in total. The van der Waals surface area contributed by atoms with Gasteiger partial charge < -0.3 is 14.6 Å². The van der Waals surface area contributed by atoms with E-state index in [0.717, 1.165) is 6.54 Å². The molecule has 1 aliphatic rings. The Bertz CT molecular complexity index is 768. The minimum absolute atomic E-state index is 0.183. The monoisotopic (exact) mass is 346 g/mol. The van der Waals surface area contributed by atoms with Gasteiger partial charge in [0.15, 0.2) is 17.4 Å². The number of piperazine rings is 1. The highest BCUT2D eigenvalue weighted by atomic mass is 16.3. The molecule has 25 heavy (non-hydrogen) atoms. The van der Waals surface area contributed by atoms with Crippen LogP contribution in [0.2, 0.25) is 0 Å². The lowest BCUT2D eigenvalue weighted by atomic mass is 10.1. The Morgan fingerprint density at radius 2 is 2.20 bits per heavy atom. The van der Waals surface area contributed by atoms with Crippen LogP contribution in [0.15, 0.2) is 22.9 Å². The highest BCUT2D eigenvalue weighted by Crippen LogP contribution is 2.14. The second-order valence-electron chi connectivity index (χ2n) is 6.05. The predicted molar refractivity (Wildman–Crippen MR) is 90.1 cm³/mol. The molecule has 3 rings (SSSR count). The van der Waals surface area contributed by atoms with Crippen LogP contribution < -0.4 is 5.32 Å². The maximum Gasteiger partial charge on any atom is 0.275 e. The number of oxazole rings is 1. The zero-order valence-corrected chi connectivity index (χ0v) is 14.6. The number of amides is 2. The number of nitrogens with zero attached hydrogens (tertiary/aromatic N) is 5. The molecule has 9 heteroatoms. The summed E-state index contributed by atoms with van der Waals surface area (Å²) in [6.45, 7) is 5.83. The molecule has 0 saturated carbocycles. The van der Waals surface area contributed by atoms with Gasteiger partial charge in [0.25, 0.3) is 5.91 Å². The van der Waals surface area contributed by atoms with Crippen LogP contribution in [0, 0.1) is 6.92 Å². The van der Waals surface area contributed by atoms with E-state index in [2.05, 4.69) is 15.4 Å². The van der Waals surface area contributed by atoms with Crippen molar-refractivity contribution in [3.63, 3.8) is 0 Å². The highest BCUT2D eigenvalue weighted by molar-refractivity contribution is 5.96. The van der Waals surface area contributed by atoms with Gasteiger partial charge in [-0.05, 0) is 14.0 Å². The van der Waals surface area contributed by atoms with Crippen LogP contribution in [0.1, 0.15) is 23.3 Å². The minimum atomic E-state index is -0.447. The van der Waals surface area contributed by atoms with Crippen molar-refractivity contribution in [1.29, 1.82) is 0 Å². The van der Waals surface area contributed by atoms with Crippen molar-refractivity contribution < 1.29 is 14.0 Å². The third kappa shape index (κ3) is 3.71. The number of carbonyl (C=O) groups is 2. The molecule has 1 aliphatic heterocycles. The number of nitrogens with one attached hydrogen (secondary N) is 1. The molecular formula is C16H22N6O3. The quantitative estimate of drug-likeness (QED) is 0.871. The van der Waals surface area contributed by atoms with Crippen molar-refractivity contribution >= 4 is 17.6 Å². The van der Waals surface area contributed by atoms with Gasteiger partial charge in [0.2, 0.25) is 5.91 Å². The van der Waals surface area contributed by atoms with Crippen LogP contribution in [-0.4, -0.2) is 69.1 Å². The molecule has 0 radical (unpaired) electrons. The second kappa shape index (κ2) is 7.06. The third-order valence-electron chi connectivity index (χ3n) is 4.29. The minimum Gasteiger partial charge on any atom is -0.448 e. The number of likely N-dealkylation sites (N-methyl/N-ethyl adjacent to an activating group) is 1. The number of aryl methyl sites for hydroxylation is 2. The van der Waals surface area contributed by atoms with Gasteiger partial charge in [-0.1, -0.05) is 0 Å². The first-order valence-electron chi connectivity index (χ1n) is 8.24. The Morgan fingerprint density at radius 1 is 1.40 bits per heavy atom. The Balaban J connectivity index is 1.67. The first-order chi connectivity index (χ1) is 12.0. The normalized spacial score (nSPS) is 18.4. The van der Waals surface area contributed by atoms with Gasteiger partial charge in [0, 0.05) is 45.4 Å². The van der Waals surface area contributed by atoms with E-state index in [-0.39, 0.29) is 17.5 Å². The maximum atomic E-state index is 12.6. The molecule has 3 heterocycles. The summed E-state index contributed by atoms with van der Waals surface area (Å²) in [5.41, 5.74) is 0.267. The molecule has 0 aromatic carbocycles. The average molecular weight is 346 g/mol. The summed E-state index contributed by atoms with van der Waals surface area (Å²) in [6.07, 6.45) is 3.16. The number of carbonyl (C=O) groups excluding carboxylic acids is 2. The van der Waals surface area contributed by atoms with Gasteiger partial charge >= 0.3 is 0 Å². The second-order valence-corrected chi connectivity index (χ2v) is 6.05. The summed E-state index contributed by atoms with van der Waals surface area (Å²) in [5, 5.41) is 7.07. The van der Waals surface area contributed by atoms with Crippen LogP contribution in [-0.2, 0) is 11.3 Å². The molecule has 0 unspecified atom stereocenters. The summed E-state index contributed by atoms with van der Waals surface area (Å²) >= 11 is 0. The van der Waals surface area contributed by atoms with Crippen molar-refractivity contribution in [3.05, 3.63) is 30.1 Å². The number of hydrogen-bond acceptors (Lipinski definition) is 6. The van der Waals surface area contributed by atoms with Crippen LogP contribution in [0.25, 0.3) is 0 Å². The number of rotatable bonds is 4. The lowest BCUT2D eigenvalue weighted by Gasteiger charge is -2.38. The Kier molecular flexibility index (Phi) is 4.84. The van der Waals surface area contributed by atoms with E-state index in [1.165, 1.54) is 6.26 Å². The van der Waals surface area contributed by atoms with E-state index in [4.69, 9.17) is 4.42 Å². The molecule has 0 spiro atoms. The zero-order valence-electron chi connectivity index (χ0n) is 14.6. The van der Waals surface area contributed by atoms with Crippen molar-refractivity contribution in [2.24, 2.45) is 0 Å². The molecule has 2 aromatic rings. The molecule has 2 aromatic heterocycles. The van der Waals surface area contributed by atoms with Gasteiger partial charge in [-0.2, -0.15) is 5.10 Å². The fourth-order valence-electron chi connectivity index (χ4n) is 2.78. The van der Waals surface area contributed by atoms with Gasteiger partial charge in [-0.15, -0.1) is 0 Å². The Morgan fingerprint density at radius 3 is 2.84 bits per heavy atom. The number of anilines is 1. The molecule has 1 saturated heterocycles. The van der Waals surface area contributed by atoms with E-state index in [9.17, 15) is 9.59 Å². The summed E-state index contributed by atoms with van der Waals surface area (Å²) in [4.78, 5) is 32.8. The zero-order chi connectivity index (χ0) is 18.0. The van der Waals surface area contributed by atoms with Crippen molar-refractivity contribution in [2.75, 3.05) is 32.0 Å². The Hall–Kier alpha value is -2.68. The fraction of sp³-hybridized carbons (Fsp3) is 0.500. The van der Waals surface area contributed by atoms with Crippen molar-refractivity contribution in [3.8, 4) is 0 Å². The van der Waals surface area contributed by atoms with E-state index in [1.807, 2.05) is 25.1 Å². The van der Waals surface area contributed by atoms with Gasteiger partial charge in [0.1, 0.15) is 12.3 Å². The topological polar surface area (TPSA) is 96.5 Å². The molecule has 1 atom stereocenters. The van der Waals surface area contributed by atoms with Crippen molar-refractivity contribution in [2.45, 2.75) is 26.4 Å². The molecule has 134 valence electrons. The maximum absolute atomic E-state index is 12.6. The third-order valence-corrected chi connectivity index (χ3v) is 4.29. The van der Waals surface area contributed by atoms with Crippen LogP contribution in [0.5, 0.6) is 0 Å². The standard InChI is InChI=1S/C16H22N6O3/c1-4-22-6-5-14(19-22)18-15(23)13-9-21(8-7-20(13)3)16(24)12-10-25-11(2)17-12/h5-6,10,13H,4,7-9H2,1-3H3,(H,18,19,23)/t13-/m0/s1. The molecule has 1 N–H and O–H groups in total. The molecular weight excluding hydrogens is 324 g/mol. The average Bonchev–Trinajstić information content (AvgIpc) is 3.23. The van der Waals surface area contributed by atoms with E-state index in [1.54, 1.807) is 22.6 Å². The van der Waals surface area contributed by atoms with Crippen LogP contribution in [0.3, 0.4) is 0 Å². The lowest BCUT2D eigenvalue weighted by Crippen LogP contribution is -2.57. The molecule has 0 bridgehead atoms. The SMILES string of the molecule is CCn1ccc(NC(=O)[C@@H]2CN(C(=O)c3coc(C)n3)CCN2C)n1. The largest absolute Gasteiger partial charge is 0.448 e. The molecule has 0 aliphatic carbocycles. The van der Waals surface area contributed by atoms with E-state index in [0.29, 0.717) is 31.3 Å². The highest BCUT2D eigenvalue weighted by Gasteiger charge is 2.33. The number of aromatic nitrogens is 3. The van der Waals surface area contributed by atoms with Gasteiger partial charge in [-0.25, -0.2) is 4.98 Å². The first-order valence-corrected chi connectivity index (χ1v) is 8.24. The van der Waals surface area contributed by atoms with Gasteiger partial charge in [0.05, 0.1) is 0 Å². The lowest BCUT2D eigenvalue weighted by molar-refractivity contribution is -0.122. The van der Waals surface area contributed by atoms with Crippen LogP contribution >= 0.6 is 0 Å². The van der Waals surface area contributed by atoms with Crippen LogP contribution in [0.4, 0.5) is 5.82 Å². The van der Waals surface area contributed by atoms with E-state index < -0.39 is 6.04 Å². The summed E-state index contributed by atoms with van der Waals surface area (Å²) < 4.78 is 6.84. The van der Waals surface area contributed by atoms with Gasteiger partial charge in [-0.3, -0.25) is 19.2 Å². The Labute approximate surface area is 145 Å². The smallest absolute Gasteiger partial charge is 0.275 e. The molecule has 1 fully saturated rings. The van der Waals surface area contributed by atoms with E-state index >= 15 is 0 Å². The summed E-state index contributed by atoms with van der Waals surface area (Å²) in [6, 6.07) is 1.31. The first kappa shape index (κ1) is 17.2.